The third kappa shape index (κ3) is 3.96. The highest BCUT2D eigenvalue weighted by atomic mass is 32.2. The molecule has 3 aromatic carbocycles. The summed E-state index contributed by atoms with van der Waals surface area (Å²) < 4.78 is 23.6. The van der Waals surface area contributed by atoms with Crippen LogP contribution in [0.4, 0.5) is 0 Å². The maximum atomic E-state index is 12.4. The van der Waals surface area contributed by atoms with Gasteiger partial charge in [-0.1, -0.05) is 60.7 Å². The van der Waals surface area contributed by atoms with Gasteiger partial charge < -0.3 is 0 Å². The van der Waals surface area contributed by atoms with Crippen molar-refractivity contribution in [3.63, 3.8) is 0 Å². The van der Waals surface area contributed by atoms with Crippen molar-refractivity contribution in [2.75, 3.05) is 6.26 Å². The van der Waals surface area contributed by atoms with Crippen LogP contribution in [0.3, 0.4) is 0 Å². The Morgan fingerprint density at radius 1 is 0.812 bits per heavy atom. The van der Waals surface area contributed by atoms with Gasteiger partial charge in [-0.15, -0.1) is 0 Å². The first-order valence-electron chi connectivity index (χ1n) is 10.4. The summed E-state index contributed by atoms with van der Waals surface area (Å²) in [4.78, 5) is 16.6. The van der Waals surface area contributed by atoms with Crippen LogP contribution in [0, 0.1) is 0 Å². The summed E-state index contributed by atoms with van der Waals surface area (Å²) in [5.74, 6) is 0.0299. The maximum absolute atomic E-state index is 12.4. The van der Waals surface area contributed by atoms with Crippen molar-refractivity contribution in [3.05, 3.63) is 90.1 Å². The van der Waals surface area contributed by atoms with Crippen molar-refractivity contribution in [1.29, 1.82) is 0 Å². The lowest BCUT2D eigenvalue weighted by Gasteiger charge is -2.22. The van der Waals surface area contributed by atoms with Gasteiger partial charge >= 0.3 is 0 Å². The summed E-state index contributed by atoms with van der Waals surface area (Å²) in [5, 5.41) is 0.944. The lowest BCUT2D eigenvalue weighted by Crippen LogP contribution is -2.29. The normalized spacial score (nSPS) is 12.1. The number of aromatic nitrogens is 1. The number of sulfone groups is 1. The molecule has 162 valence electrons. The van der Waals surface area contributed by atoms with Crippen molar-refractivity contribution in [1.82, 2.24) is 4.98 Å². The van der Waals surface area contributed by atoms with Crippen LogP contribution in [0.25, 0.3) is 33.2 Å². The van der Waals surface area contributed by atoms with Crippen molar-refractivity contribution in [2.24, 2.45) is 0 Å². The molecule has 0 radical (unpaired) electrons. The second-order valence-electron chi connectivity index (χ2n) is 8.57. The molecule has 0 bridgehead atoms. The third-order valence-corrected chi connectivity index (χ3v) is 8.10. The molecule has 0 spiro atoms. The van der Waals surface area contributed by atoms with Crippen molar-refractivity contribution in [2.45, 2.75) is 25.5 Å². The van der Waals surface area contributed by atoms with E-state index in [0.29, 0.717) is 11.3 Å². The molecule has 5 heteroatoms. The van der Waals surface area contributed by atoms with Gasteiger partial charge in [-0.3, -0.25) is 9.78 Å². The molecule has 4 rings (SSSR count). The van der Waals surface area contributed by atoms with E-state index in [9.17, 15) is 13.2 Å². The molecule has 0 unspecified atom stereocenters. The molecular weight excluding hydrogens is 418 g/mol. The van der Waals surface area contributed by atoms with E-state index in [1.54, 1.807) is 26.8 Å². The SMILES string of the molecule is CC(=O)c1cccc(-c2cccc(-c3cccc4ccc(C(C)(C)S(C)(=O)=O)nc34)c2)c1. The number of para-hydroxylation sites is 1. The highest BCUT2D eigenvalue weighted by Gasteiger charge is 2.34. The van der Waals surface area contributed by atoms with Gasteiger partial charge in [0.2, 0.25) is 0 Å². The third-order valence-electron chi connectivity index (χ3n) is 6.04. The lowest BCUT2D eigenvalue weighted by atomic mass is 9.96. The van der Waals surface area contributed by atoms with E-state index in [1.807, 2.05) is 66.7 Å². The summed E-state index contributed by atoms with van der Waals surface area (Å²) in [6, 6.07) is 25.3. The quantitative estimate of drug-likeness (QED) is 0.352. The van der Waals surface area contributed by atoms with E-state index in [-0.39, 0.29) is 5.78 Å². The Morgan fingerprint density at radius 3 is 2.12 bits per heavy atom. The minimum absolute atomic E-state index is 0.0299. The molecule has 1 heterocycles. The van der Waals surface area contributed by atoms with Crippen LogP contribution in [-0.4, -0.2) is 25.4 Å². The number of hydrogen-bond acceptors (Lipinski definition) is 4. The van der Waals surface area contributed by atoms with Gasteiger partial charge in [0, 0.05) is 22.8 Å². The van der Waals surface area contributed by atoms with Crippen LogP contribution in [0.2, 0.25) is 0 Å². The number of Topliss-reactive ketones (excluding diaryl/α,β-unsaturated/α-hetero) is 1. The van der Waals surface area contributed by atoms with Gasteiger partial charge in [-0.2, -0.15) is 0 Å². The Hall–Kier alpha value is -3.31. The number of hydrogen-bond donors (Lipinski definition) is 0. The second kappa shape index (κ2) is 7.99. The van der Waals surface area contributed by atoms with E-state index in [0.717, 1.165) is 33.2 Å². The number of rotatable bonds is 5. The van der Waals surface area contributed by atoms with Gasteiger partial charge in [0.05, 0.1) is 11.2 Å². The number of benzene rings is 3. The number of carbonyl (C=O) groups excluding carboxylic acids is 1. The Balaban J connectivity index is 1.87. The molecule has 0 aliphatic heterocycles. The Labute approximate surface area is 188 Å². The lowest BCUT2D eigenvalue weighted by molar-refractivity contribution is 0.101. The van der Waals surface area contributed by atoms with Gasteiger partial charge in [-0.05, 0) is 55.7 Å². The van der Waals surface area contributed by atoms with Gasteiger partial charge in [0.25, 0.3) is 0 Å². The summed E-state index contributed by atoms with van der Waals surface area (Å²) in [7, 11) is -3.35. The standard InChI is InChI=1S/C27H25NO3S/c1-18(29)20-9-5-10-21(16-20)22-11-6-12-23(17-22)24-13-7-8-19-14-15-25(28-26(19)24)27(2,3)32(4,30)31/h5-17H,1-4H3. The van der Waals surface area contributed by atoms with Crippen LogP contribution in [0.15, 0.2) is 78.9 Å². The van der Waals surface area contributed by atoms with Crippen LogP contribution < -0.4 is 0 Å². The topological polar surface area (TPSA) is 64.1 Å². The molecular formula is C27H25NO3S. The number of carbonyl (C=O) groups is 1. The zero-order valence-electron chi connectivity index (χ0n) is 18.6. The predicted octanol–water partition coefficient (Wildman–Crippen LogP) is 6.05. The fraction of sp³-hybridized carbons (Fsp3) is 0.185. The van der Waals surface area contributed by atoms with Crippen molar-refractivity contribution in [3.8, 4) is 22.3 Å². The largest absolute Gasteiger partial charge is 0.295 e. The Kier molecular flexibility index (Phi) is 5.47. The van der Waals surface area contributed by atoms with Crippen molar-refractivity contribution < 1.29 is 13.2 Å². The molecule has 0 aliphatic rings. The average molecular weight is 444 g/mol. The summed E-state index contributed by atoms with van der Waals surface area (Å²) in [5.41, 5.74) is 5.82. The molecule has 0 N–H and O–H groups in total. The molecule has 32 heavy (non-hydrogen) atoms. The van der Waals surface area contributed by atoms with Crippen molar-refractivity contribution >= 4 is 26.5 Å². The minimum Gasteiger partial charge on any atom is -0.295 e. The molecule has 0 atom stereocenters. The van der Waals surface area contributed by atoms with E-state index >= 15 is 0 Å². The number of fused-ring (bicyclic) bond motifs is 1. The first kappa shape index (κ1) is 21.9. The molecule has 4 nitrogen and oxygen atoms in total. The summed E-state index contributed by atoms with van der Waals surface area (Å²) in [6.07, 6.45) is 1.24. The van der Waals surface area contributed by atoms with Gasteiger partial charge in [0.1, 0.15) is 4.75 Å². The van der Waals surface area contributed by atoms with Gasteiger partial charge in [-0.25, -0.2) is 8.42 Å². The first-order valence-corrected chi connectivity index (χ1v) is 12.3. The van der Waals surface area contributed by atoms with E-state index in [1.165, 1.54) is 6.26 Å². The molecule has 0 saturated carbocycles. The number of pyridine rings is 1. The molecule has 0 fully saturated rings. The van der Waals surface area contributed by atoms with E-state index in [4.69, 9.17) is 4.98 Å². The summed E-state index contributed by atoms with van der Waals surface area (Å²) >= 11 is 0. The maximum Gasteiger partial charge on any atom is 0.159 e. The molecule has 0 amide bonds. The Bertz CT molecular complexity index is 1450. The zero-order valence-corrected chi connectivity index (χ0v) is 19.4. The highest BCUT2D eigenvalue weighted by Crippen LogP contribution is 2.34. The second-order valence-corrected chi connectivity index (χ2v) is 11.1. The molecule has 4 aromatic rings. The van der Waals surface area contributed by atoms with Crippen LogP contribution in [-0.2, 0) is 14.6 Å². The summed E-state index contributed by atoms with van der Waals surface area (Å²) in [6.45, 7) is 4.93. The van der Waals surface area contributed by atoms with E-state index < -0.39 is 14.6 Å². The van der Waals surface area contributed by atoms with Crippen LogP contribution >= 0.6 is 0 Å². The molecule has 1 aromatic heterocycles. The molecule has 0 aliphatic carbocycles. The minimum atomic E-state index is -3.35. The van der Waals surface area contributed by atoms with Crippen LogP contribution in [0.1, 0.15) is 36.8 Å². The van der Waals surface area contributed by atoms with E-state index in [2.05, 4.69) is 6.07 Å². The average Bonchev–Trinajstić information content (AvgIpc) is 2.77. The Morgan fingerprint density at radius 2 is 1.44 bits per heavy atom. The fourth-order valence-electron chi connectivity index (χ4n) is 3.69. The molecule has 0 saturated heterocycles. The number of nitrogens with zero attached hydrogens (tertiary/aromatic N) is 1. The monoisotopic (exact) mass is 443 g/mol. The highest BCUT2D eigenvalue weighted by molar-refractivity contribution is 7.91. The fourth-order valence-corrected chi connectivity index (χ4v) is 4.18. The smallest absolute Gasteiger partial charge is 0.159 e. The van der Waals surface area contributed by atoms with Crippen LogP contribution in [0.5, 0.6) is 0 Å². The number of ketones is 1. The first-order chi connectivity index (χ1) is 15.1. The zero-order chi connectivity index (χ0) is 23.1. The predicted molar refractivity (Wildman–Crippen MR) is 130 cm³/mol. The van der Waals surface area contributed by atoms with Gasteiger partial charge in [0.15, 0.2) is 15.6 Å².